The van der Waals surface area contributed by atoms with Gasteiger partial charge in [0.25, 0.3) is 0 Å². The van der Waals surface area contributed by atoms with Crippen LogP contribution in [0.3, 0.4) is 0 Å². The summed E-state index contributed by atoms with van der Waals surface area (Å²) >= 11 is 5.32. The summed E-state index contributed by atoms with van der Waals surface area (Å²) < 4.78 is 9.20. The summed E-state index contributed by atoms with van der Waals surface area (Å²) in [5.74, 6) is 0.380. The molecule has 0 radical (unpaired) electrons. The molecule has 9 heteroatoms. The normalized spacial score (nSPS) is 22.5. The summed E-state index contributed by atoms with van der Waals surface area (Å²) in [5.41, 5.74) is 2.07. The Kier molecular flexibility index (Phi) is 5.30. The van der Waals surface area contributed by atoms with Crippen LogP contribution in [0.4, 0.5) is 4.79 Å². The second kappa shape index (κ2) is 8.36. The van der Waals surface area contributed by atoms with Crippen LogP contribution in [0.2, 0.25) is 0 Å². The van der Waals surface area contributed by atoms with Crippen molar-refractivity contribution in [1.29, 1.82) is 5.26 Å². The van der Waals surface area contributed by atoms with Gasteiger partial charge in [-0.15, -0.1) is 11.3 Å². The van der Waals surface area contributed by atoms with Gasteiger partial charge in [0.15, 0.2) is 0 Å². The predicted molar refractivity (Wildman–Crippen MR) is 133 cm³/mol. The fourth-order valence-electron chi connectivity index (χ4n) is 5.43. The molecule has 1 saturated heterocycles. The van der Waals surface area contributed by atoms with Crippen LogP contribution in [-0.4, -0.2) is 37.7 Å². The molecule has 1 spiro atoms. The number of nitriles is 1. The minimum Gasteiger partial charge on any atom is -0.441 e. The summed E-state index contributed by atoms with van der Waals surface area (Å²) in [4.78, 5) is 25.7. The van der Waals surface area contributed by atoms with Crippen molar-refractivity contribution in [2.45, 2.75) is 44.4 Å². The molecule has 7 nitrogen and oxygen atoms in total. The molecule has 1 saturated carbocycles. The highest BCUT2D eigenvalue weighted by Crippen LogP contribution is 2.42. The maximum absolute atomic E-state index is 12.9. The number of rotatable bonds is 4. The molecule has 4 aromatic rings. The molecule has 3 aromatic heterocycles. The lowest BCUT2D eigenvalue weighted by molar-refractivity contribution is 0.00415. The zero-order valence-electron chi connectivity index (χ0n) is 18.4. The molecular weight excluding hydrogens is 514 g/mol. The Bertz CT molecular complexity index is 1460. The highest BCUT2D eigenvalue weighted by atomic mass is 79.9. The summed E-state index contributed by atoms with van der Waals surface area (Å²) in [5, 5.41) is 10.3. The van der Waals surface area contributed by atoms with Gasteiger partial charge in [-0.05, 0) is 77.9 Å². The first-order valence-electron chi connectivity index (χ1n) is 11.4. The molecule has 1 aliphatic carbocycles. The van der Waals surface area contributed by atoms with Gasteiger partial charge in [0.05, 0.1) is 42.1 Å². The summed E-state index contributed by atoms with van der Waals surface area (Å²) in [6.07, 6.45) is 7.26. The molecule has 4 heterocycles. The number of fused-ring (bicyclic) bond motifs is 2. The van der Waals surface area contributed by atoms with Crippen LogP contribution in [-0.2, 0) is 17.8 Å². The Labute approximate surface area is 209 Å². The Hall–Kier alpha value is -2.96. The fourth-order valence-corrected chi connectivity index (χ4v) is 7.29. The van der Waals surface area contributed by atoms with Gasteiger partial charge in [-0.2, -0.15) is 5.26 Å². The average Bonchev–Trinajstić information content (AvgIpc) is 3.48. The molecule has 1 amide bonds. The highest BCUT2D eigenvalue weighted by Gasteiger charge is 2.48. The number of aromatic nitrogens is 3. The number of hydrogen-bond acceptors (Lipinski definition) is 6. The monoisotopic (exact) mass is 535 g/mol. The van der Waals surface area contributed by atoms with Crippen molar-refractivity contribution >= 4 is 54.6 Å². The zero-order chi connectivity index (χ0) is 23.3. The standard InChI is InChI=1S/C25H22BrN5O2S/c26-22-18-4-2-8-28-23(18)34-21(22)13-30-14-25(33-24(30)32)7-1-3-17(10-25)12-31-15-29-19-6-5-16(11-27)9-20(19)31/h2,4-6,8-9,15,17H,1,3,7,10,12-14H2/t17?,25-/m0/s1. The van der Waals surface area contributed by atoms with Gasteiger partial charge in [0.1, 0.15) is 10.4 Å². The summed E-state index contributed by atoms with van der Waals surface area (Å²) in [7, 11) is 0. The van der Waals surface area contributed by atoms with Gasteiger partial charge in [-0.25, -0.2) is 14.8 Å². The SMILES string of the molecule is N#Cc1ccc2ncn(CC3CCC[C@]4(C3)CN(Cc3sc5ncccc5c3Br)C(=O)O4)c2c1. The third-order valence-electron chi connectivity index (χ3n) is 6.96. The third kappa shape index (κ3) is 3.75. The molecular formula is C25H22BrN5O2S. The topological polar surface area (TPSA) is 84.0 Å². The van der Waals surface area contributed by atoms with Crippen molar-refractivity contribution < 1.29 is 9.53 Å². The minimum absolute atomic E-state index is 0.232. The van der Waals surface area contributed by atoms with Crippen LogP contribution in [0.1, 0.15) is 36.1 Å². The number of nitrogens with zero attached hydrogens (tertiary/aromatic N) is 5. The van der Waals surface area contributed by atoms with Crippen LogP contribution in [0.15, 0.2) is 47.3 Å². The number of benzene rings is 1. The van der Waals surface area contributed by atoms with E-state index >= 15 is 0 Å². The quantitative estimate of drug-likeness (QED) is 0.326. The van der Waals surface area contributed by atoms with Gasteiger partial charge in [0, 0.05) is 27.5 Å². The van der Waals surface area contributed by atoms with E-state index in [2.05, 4.69) is 36.5 Å². The second-order valence-corrected chi connectivity index (χ2v) is 11.2. The van der Waals surface area contributed by atoms with Crippen molar-refractivity contribution in [3.63, 3.8) is 0 Å². The zero-order valence-corrected chi connectivity index (χ0v) is 20.8. The number of amides is 1. The average molecular weight is 536 g/mol. The van der Waals surface area contributed by atoms with Crippen molar-refractivity contribution in [2.24, 2.45) is 5.92 Å². The number of hydrogen-bond donors (Lipinski definition) is 0. The van der Waals surface area contributed by atoms with Crippen molar-refractivity contribution in [3.05, 3.63) is 57.8 Å². The predicted octanol–water partition coefficient (Wildman–Crippen LogP) is 5.86. The van der Waals surface area contributed by atoms with E-state index in [1.54, 1.807) is 23.6 Å². The first kappa shape index (κ1) is 21.6. The first-order chi connectivity index (χ1) is 16.5. The molecule has 2 fully saturated rings. The molecule has 0 N–H and O–H groups in total. The van der Waals surface area contributed by atoms with E-state index in [1.807, 2.05) is 35.5 Å². The third-order valence-corrected chi connectivity index (χ3v) is 9.22. The van der Waals surface area contributed by atoms with E-state index < -0.39 is 5.60 Å². The summed E-state index contributed by atoms with van der Waals surface area (Å²) in [6.45, 7) is 1.94. The van der Waals surface area contributed by atoms with E-state index in [1.165, 1.54) is 0 Å². The molecule has 2 aliphatic rings. The largest absolute Gasteiger partial charge is 0.441 e. The van der Waals surface area contributed by atoms with Gasteiger partial charge in [0.2, 0.25) is 0 Å². The number of ether oxygens (including phenoxy) is 1. The van der Waals surface area contributed by atoms with Crippen LogP contribution < -0.4 is 0 Å². The van der Waals surface area contributed by atoms with Gasteiger partial charge >= 0.3 is 6.09 Å². The molecule has 1 aliphatic heterocycles. The maximum Gasteiger partial charge on any atom is 0.410 e. The number of thiophene rings is 1. The molecule has 34 heavy (non-hydrogen) atoms. The molecule has 2 atom stereocenters. The molecule has 172 valence electrons. The summed E-state index contributed by atoms with van der Waals surface area (Å²) in [6, 6.07) is 11.8. The fraction of sp³-hybridized carbons (Fsp3) is 0.360. The van der Waals surface area contributed by atoms with Crippen molar-refractivity contribution in [2.75, 3.05) is 6.54 Å². The highest BCUT2D eigenvalue weighted by molar-refractivity contribution is 9.10. The lowest BCUT2D eigenvalue weighted by atomic mass is 9.78. The number of pyridine rings is 1. The van der Waals surface area contributed by atoms with Gasteiger partial charge < -0.3 is 9.30 Å². The Morgan fingerprint density at radius 1 is 1.32 bits per heavy atom. The molecule has 6 rings (SSSR count). The Balaban J connectivity index is 1.19. The van der Waals surface area contributed by atoms with E-state index in [0.717, 1.165) is 62.8 Å². The minimum atomic E-state index is -0.435. The number of imidazole rings is 1. The number of carbonyl (C=O) groups excluding carboxylic acids is 1. The molecule has 0 bridgehead atoms. The van der Waals surface area contributed by atoms with Crippen LogP contribution in [0.25, 0.3) is 21.3 Å². The number of halogens is 1. The smallest absolute Gasteiger partial charge is 0.410 e. The van der Waals surface area contributed by atoms with Crippen LogP contribution in [0.5, 0.6) is 0 Å². The molecule has 1 aromatic carbocycles. The van der Waals surface area contributed by atoms with Crippen LogP contribution >= 0.6 is 27.3 Å². The van der Waals surface area contributed by atoms with Crippen molar-refractivity contribution in [1.82, 2.24) is 19.4 Å². The van der Waals surface area contributed by atoms with Gasteiger partial charge in [-0.1, -0.05) is 0 Å². The maximum atomic E-state index is 12.9. The Morgan fingerprint density at radius 3 is 3.09 bits per heavy atom. The van der Waals surface area contributed by atoms with E-state index in [0.29, 0.717) is 24.6 Å². The molecule has 1 unspecified atom stereocenters. The van der Waals surface area contributed by atoms with Crippen LogP contribution in [0, 0.1) is 17.2 Å². The van der Waals surface area contributed by atoms with E-state index in [4.69, 9.17) is 4.74 Å². The lowest BCUT2D eigenvalue weighted by Crippen LogP contribution is -2.40. The Morgan fingerprint density at radius 2 is 2.24 bits per heavy atom. The number of carbonyl (C=O) groups is 1. The van der Waals surface area contributed by atoms with E-state index in [-0.39, 0.29) is 6.09 Å². The first-order valence-corrected chi connectivity index (χ1v) is 13.0. The van der Waals surface area contributed by atoms with Gasteiger partial charge in [-0.3, -0.25) is 4.90 Å². The second-order valence-electron chi connectivity index (χ2n) is 9.28. The van der Waals surface area contributed by atoms with Crippen molar-refractivity contribution in [3.8, 4) is 6.07 Å². The van der Waals surface area contributed by atoms with E-state index in [9.17, 15) is 10.1 Å². The lowest BCUT2D eigenvalue weighted by Gasteiger charge is -2.36.